The summed E-state index contributed by atoms with van der Waals surface area (Å²) in [5, 5.41) is 2.59. The minimum Gasteiger partial charge on any atom is -0.467 e. The zero-order chi connectivity index (χ0) is 14.6. The monoisotopic (exact) mass is 270 g/mol. The van der Waals surface area contributed by atoms with Crippen LogP contribution in [0.1, 0.15) is 33.6 Å². The standard InChI is InChI=1S/C13H22N2O4/c1-13(2,3)12(18)14-8-10(16)15-7-5-6-9(15)11(17)19-4/h9H,5-8H2,1-4H3,(H,14,18). The predicted molar refractivity (Wildman–Crippen MR) is 69.2 cm³/mol. The van der Waals surface area contributed by atoms with Crippen LogP contribution in [-0.2, 0) is 19.1 Å². The zero-order valence-electron chi connectivity index (χ0n) is 12.0. The molecular weight excluding hydrogens is 248 g/mol. The summed E-state index contributed by atoms with van der Waals surface area (Å²) in [5.74, 6) is -0.826. The van der Waals surface area contributed by atoms with E-state index in [-0.39, 0.29) is 18.4 Å². The van der Waals surface area contributed by atoms with E-state index in [2.05, 4.69) is 10.1 Å². The van der Waals surface area contributed by atoms with Crippen LogP contribution in [0.3, 0.4) is 0 Å². The predicted octanol–water partition coefficient (Wildman–Crippen LogP) is 0.313. The number of rotatable bonds is 3. The van der Waals surface area contributed by atoms with Gasteiger partial charge in [0.15, 0.2) is 0 Å². The lowest BCUT2D eigenvalue weighted by Crippen LogP contribution is -2.47. The molecule has 1 aliphatic heterocycles. The summed E-state index contributed by atoms with van der Waals surface area (Å²) in [7, 11) is 1.31. The molecule has 1 saturated heterocycles. The number of nitrogens with one attached hydrogen (secondary N) is 1. The lowest BCUT2D eigenvalue weighted by atomic mass is 9.96. The van der Waals surface area contributed by atoms with Crippen molar-refractivity contribution in [3.05, 3.63) is 0 Å². The molecule has 0 aliphatic carbocycles. The average molecular weight is 270 g/mol. The molecule has 1 N–H and O–H groups in total. The zero-order valence-corrected chi connectivity index (χ0v) is 12.0. The SMILES string of the molecule is COC(=O)C1CCCN1C(=O)CNC(=O)C(C)(C)C. The third-order valence-corrected chi connectivity index (χ3v) is 3.13. The molecule has 0 aromatic rings. The van der Waals surface area contributed by atoms with Crippen molar-refractivity contribution < 1.29 is 19.1 Å². The number of hydrogen-bond acceptors (Lipinski definition) is 4. The summed E-state index contributed by atoms with van der Waals surface area (Å²) < 4.78 is 4.67. The minimum atomic E-state index is -0.535. The van der Waals surface area contributed by atoms with Crippen molar-refractivity contribution in [2.24, 2.45) is 5.41 Å². The second-order valence-electron chi connectivity index (χ2n) is 5.70. The number of likely N-dealkylation sites (tertiary alicyclic amines) is 1. The Morgan fingerprint density at radius 3 is 2.47 bits per heavy atom. The number of nitrogens with zero attached hydrogens (tertiary/aromatic N) is 1. The van der Waals surface area contributed by atoms with E-state index in [0.29, 0.717) is 13.0 Å². The van der Waals surface area contributed by atoms with Crippen LogP contribution in [0.25, 0.3) is 0 Å². The third-order valence-electron chi connectivity index (χ3n) is 3.13. The topological polar surface area (TPSA) is 75.7 Å². The molecule has 0 aromatic heterocycles. The van der Waals surface area contributed by atoms with Gasteiger partial charge in [-0.2, -0.15) is 0 Å². The fourth-order valence-corrected chi connectivity index (χ4v) is 1.97. The number of ether oxygens (including phenoxy) is 1. The second-order valence-corrected chi connectivity index (χ2v) is 5.70. The molecule has 1 aliphatic rings. The largest absolute Gasteiger partial charge is 0.467 e. The third kappa shape index (κ3) is 3.94. The van der Waals surface area contributed by atoms with Crippen LogP contribution in [0.5, 0.6) is 0 Å². The molecule has 0 radical (unpaired) electrons. The summed E-state index contributed by atoms with van der Waals surface area (Å²) in [6, 6.07) is -0.510. The van der Waals surface area contributed by atoms with E-state index >= 15 is 0 Å². The van der Waals surface area contributed by atoms with E-state index < -0.39 is 17.4 Å². The highest BCUT2D eigenvalue weighted by Gasteiger charge is 2.35. The van der Waals surface area contributed by atoms with Crippen molar-refractivity contribution in [2.45, 2.75) is 39.7 Å². The first kappa shape index (κ1) is 15.5. The first-order valence-corrected chi connectivity index (χ1v) is 6.43. The Labute approximate surface area is 113 Å². The summed E-state index contributed by atoms with van der Waals surface area (Å²) in [6.07, 6.45) is 1.39. The Hall–Kier alpha value is -1.59. The quantitative estimate of drug-likeness (QED) is 0.749. The van der Waals surface area contributed by atoms with Crippen molar-refractivity contribution in [3.8, 4) is 0 Å². The Kier molecular flexibility index (Phi) is 4.91. The lowest BCUT2D eigenvalue weighted by Gasteiger charge is -2.24. The van der Waals surface area contributed by atoms with Crippen molar-refractivity contribution in [2.75, 3.05) is 20.2 Å². The van der Waals surface area contributed by atoms with Gasteiger partial charge >= 0.3 is 5.97 Å². The molecule has 0 bridgehead atoms. The number of carbonyl (C=O) groups is 3. The molecule has 0 saturated carbocycles. The molecule has 1 atom stereocenters. The number of methoxy groups -OCH3 is 1. The maximum Gasteiger partial charge on any atom is 0.328 e. The fraction of sp³-hybridized carbons (Fsp3) is 0.769. The van der Waals surface area contributed by atoms with Gasteiger partial charge in [0.1, 0.15) is 6.04 Å². The van der Waals surface area contributed by atoms with Crippen molar-refractivity contribution in [3.63, 3.8) is 0 Å². The molecule has 0 aromatic carbocycles. The Morgan fingerprint density at radius 1 is 1.32 bits per heavy atom. The van der Waals surface area contributed by atoms with E-state index in [0.717, 1.165) is 6.42 Å². The highest BCUT2D eigenvalue weighted by molar-refractivity contribution is 5.90. The van der Waals surface area contributed by atoms with E-state index in [1.807, 2.05) is 0 Å². The van der Waals surface area contributed by atoms with Crippen LogP contribution in [0.4, 0.5) is 0 Å². The van der Waals surface area contributed by atoms with Crippen LogP contribution in [0.2, 0.25) is 0 Å². The molecule has 1 unspecified atom stereocenters. The highest BCUT2D eigenvalue weighted by atomic mass is 16.5. The van der Waals surface area contributed by atoms with E-state index in [1.54, 1.807) is 20.8 Å². The Morgan fingerprint density at radius 2 is 1.95 bits per heavy atom. The molecule has 2 amide bonds. The summed E-state index contributed by atoms with van der Waals surface area (Å²) in [5.41, 5.74) is -0.535. The molecule has 19 heavy (non-hydrogen) atoms. The van der Waals surface area contributed by atoms with Gasteiger partial charge in [-0.25, -0.2) is 4.79 Å². The number of hydrogen-bond donors (Lipinski definition) is 1. The average Bonchev–Trinajstić information content (AvgIpc) is 2.82. The fourth-order valence-electron chi connectivity index (χ4n) is 1.97. The van der Waals surface area contributed by atoms with Gasteiger partial charge in [0, 0.05) is 12.0 Å². The van der Waals surface area contributed by atoms with E-state index in [9.17, 15) is 14.4 Å². The first-order valence-electron chi connectivity index (χ1n) is 6.43. The van der Waals surface area contributed by atoms with Gasteiger partial charge in [-0.05, 0) is 12.8 Å². The van der Waals surface area contributed by atoms with Crippen LogP contribution in [0.15, 0.2) is 0 Å². The normalized spacial score (nSPS) is 19.2. The number of amides is 2. The van der Waals surface area contributed by atoms with Crippen molar-refractivity contribution in [1.82, 2.24) is 10.2 Å². The van der Waals surface area contributed by atoms with Gasteiger partial charge in [-0.1, -0.05) is 20.8 Å². The summed E-state index contributed by atoms with van der Waals surface area (Å²) in [4.78, 5) is 36.7. The van der Waals surface area contributed by atoms with Crippen molar-refractivity contribution >= 4 is 17.8 Å². The second kappa shape index (κ2) is 6.04. The van der Waals surface area contributed by atoms with Crippen LogP contribution >= 0.6 is 0 Å². The first-order chi connectivity index (χ1) is 8.77. The van der Waals surface area contributed by atoms with Crippen molar-refractivity contribution in [1.29, 1.82) is 0 Å². The van der Waals surface area contributed by atoms with Gasteiger partial charge in [0.2, 0.25) is 11.8 Å². The smallest absolute Gasteiger partial charge is 0.328 e. The van der Waals surface area contributed by atoms with Gasteiger partial charge in [0.05, 0.1) is 13.7 Å². The lowest BCUT2D eigenvalue weighted by molar-refractivity contribution is -0.150. The maximum atomic E-state index is 12.0. The van der Waals surface area contributed by atoms with Crippen LogP contribution in [-0.4, -0.2) is 48.9 Å². The van der Waals surface area contributed by atoms with Crippen LogP contribution < -0.4 is 5.32 Å². The van der Waals surface area contributed by atoms with Gasteiger partial charge in [-0.3, -0.25) is 9.59 Å². The van der Waals surface area contributed by atoms with Crippen LogP contribution in [0, 0.1) is 5.41 Å². The highest BCUT2D eigenvalue weighted by Crippen LogP contribution is 2.18. The molecule has 1 rings (SSSR count). The maximum absolute atomic E-state index is 12.0. The van der Waals surface area contributed by atoms with E-state index in [4.69, 9.17) is 0 Å². The minimum absolute atomic E-state index is 0.0798. The molecule has 6 nitrogen and oxygen atoms in total. The molecule has 6 heteroatoms. The molecule has 108 valence electrons. The van der Waals surface area contributed by atoms with E-state index in [1.165, 1.54) is 12.0 Å². The summed E-state index contributed by atoms with van der Waals surface area (Å²) >= 11 is 0. The molecule has 1 fully saturated rings. The molecule has 0 spiro atoms. The van der Waals surface area contributed by atoms with Gasteiger partial charge in [-0.15, -0.1) is 0 Å². The van der Waals surface area contributed by atoms with Gasteiger partial charge < -0.3 is 15.0 Å². The molecular formula is C13H22N2O4. The van der Waals surface area contributed by atoms with Gasteiger partial charge in [0.25, 0.3) is 0 Å². The number of esters is 1. The Bertz CT molecular complexity index is 373. The molecule has 1 heterocycles. The summed E-state index contributed by atoms with van der Waals surface area (Å²) in [6.45, 7) is 5.79. The Balaban J connectivity index is 2.54. The number of carbonyl (C=O) groups excluding carboxylic acids is 3.